The predicted molar refractivity (Wildman–Crippen MR) is 82.0 cm³/mol. The summed E-state index contributed by atoms with van der Waals surface area (Å²) < 4.78 is 5.64. The summed E-state index contributed by atoms with van der Waals surface area (Å²) in [5.41, 5.74) is 0. The minimum Gasteiger partial charge on any atom is -0.381 e. The van der Waals surface area contributed by atoms with E-state index >= 15 is 0 Å². The number of unbranched alkanes of at least 4 members (excludes halogenated alkanes) is 5. The van der Waals surface area contributed by atoms with Crippen molar-refractivity contribution in [1.82, 2.24) is 0 Å². The van der Waals surface area contributed by atoms with Crippen molar-refractivity contribution in [2.24, 2.45) is 11.8 Å². The highest BCUT2D eigenvalue weighted by Gasteiger charge is 1.96. The Hall–Kier alpha value is -0.0400. The van der Waals surface area contributed by atoms with Gasteiger partial charge in [-0.05, 0) is 31.1 Å². The summed E-state index contributed by atoms with van der Waals surface area (Å²) in [5, 5.41) is 0. The molecular formula is C17H36O. The van der Waals surface area contributed by atoms with E-state index in [4.69, 9.17) is 4.74 Å². The first-order chi connectivity index (χ1) is 8.63. The molecule has 0 aromatic carbocycles. The van der Waals surface area contributed by atoms with E-state index in [2.05, 4.69) is 27.7 Å². The van der Waals surface area contributed by atoms with Crippen LogP contribution in [-0.2, 0) is 4.74 Å². The largest absolute Gasteiger partial charge is 0.381 e. The molecule has 0 aliphatic rings. The fraction of sp³-hybridized carbons (Fsp3) is 1.00. The van der Waals surface area contributed by atoms with Crippen molar-refractivity contribution in [3.63, 3.8) is 0 Å². The predicted octanol–water partition coefficient (Wildman–Crippen LogP) is 5.83. The summed E-state index contributed by atoms with van der Waals surface area (Å²) >= 11 is 0. The average Bonchev–Trinajstić information content (AvgIpc) is 2.29. The fourth-order valence-corrected chi connectivity index (χ4v) is 2.16. The van der Waals surface area contributed by atoms with Gasteiger partial charge in [0.25, 0.3) is 0 Å². The van der Waals surface area contributed by atoms with E-state index in [1.165, 1.54) is 57.8 Å². The highest BCUT2D eigenvalue weighted by Crippen LogP contribution is 2.11. The Labute approximate surface area is 116 Å². The van der Waals surface area contributed by atoms with Gasteiger partial charge in [-0.15, -0.1) is 0 Å². The van der Waals surface area contributed by atoms with Gasteiger partial charge in [0.2, 0.25) is 0 Å². The smallest absolute Gasteiger partial charge is 0.0466 e. The van der Waals surface area contributed by atoms with Crippen LogP contribution in [0.5, 0.6) is 0 Å². The van der Waals surface area contributed by atoms with E-state index < -0.39 is 0 Å². The molecule has 0 heterocycles. The monoisotopic (exact) mass is 256 g/mol. The van der Waals surface area contributed by atoms with E-state index in [0.717, 1.165) is 25.0 Å². The second-order valence-electron chi connectivity index (χ2n) is 6.45. The van der Waals surface area contributed by atoms with Crippen molar-refractivity contribution in [1.29, 1.82) is 0 Å². The van der Waals surface area contributed by atoms with Crippen LogP contribution in [0.4, 0.5) is 0 Å². The van der Waals surface area contributed by atoms with Crippen LogP contribution in [0.3, 0.4) is 0 Å². The number of hydrogen-bond donors (Lipinski definition) is 0. The van der Waals surface area contributed by atoms with Crippen LogP contribution >= 0.6 is 0 Å². The van der Waals surface area contributed by atoms with Gasteiger partial charge in [-0.2, -0.15) is 0 Å². The lowest BCUT2D eigenvalue weighted by atomic mass is 10.0. The molecule has 0 radical (unpaired) electrons. The lowest BCUT2D eigenvalue weighted by Gasteiger charge is -2.06. The molecule has 0 unspecified atom stereocenters. The van der Waals surface area contributed by atoms with E-state index in [0.29, 0.717) is 0 Å². The normalized spacial score (nSPS) is 11.7. The van der Waals surface area contributed by atoms with Gasteiger partial charge in [0, 0.05) is 13.2 Å². The highest BCUT2D eigenvalue weighted by molar-refractivity contribution is 4.49. The Morgan fingerprint density at radius 3 is 1.61 bits per heavy atom. The number of ether oxygens (including phenoxy) is 1. The molecular weight excluding hydrogens is 220 g/mol. The Morgan fingerprint density at radius 1 is 0.556 bits per heavy atom. The van der Waals surface area contributed by atoms with Gasteiger partial charge in [-0.1, -0.05) is 66.2 Å². The average molecular weight is 256 g/mol. The molecule has 0 amide bonds. The minimum absolute atomic E-state index is 0.819. The minimum atomic E-state index is 0.819. The molecule has 0 N–H and O–H groups in total. The first-order valence-electron chi connectivity index (χ1n) is 8.20. The quantitative estimate of drug-likeness (QED) is 0.377. The fourth-order valence-electron chi connectivity index (χ4n) is 2.16. The lowest BCUT2D eigenvalue weighted by molar-refractivity contribution is 0.124. The van der Waals surface area contributed by atoms with Gasteiger partial charge in [-0.25, -0.2) is 0 Å². The van der Waals surface area contributed by atoms with Gasteiger partial charge in [-0.3, -0.25) is 0 Å². The zero-order chi connectivity index (χ0) is 13.6. The van der Waals surface area contributed by atoms with Crippen LogP contribution in [-0.4, -0.2) is 13.2 Å². The van der Waals surface area contributed by atoms with E-state index in [9.17, 15) is 0 Å². The summed E-state index contributed by atoms with van der Waals surface area (Å²) in [5.74, 6) is 1.70. The zero-order valence-corrected chi connectivity index (χ0v) is 13.3. The molecule has 110 valence electrons. The van der Waals surface area contributed by atoms with Crippen molar-refractivity contribution in [2.45, 2.75) is 85.5 Å². The molecule has 0 saturated carbocycles. The third-order valence-electron chi connectivity index (χ3n) is 3.39. The maximum absolute atomic E-state index is 5.64. The van der Waals surface area contributed by atoms with Crippen LogP contribution in [0.15, 0.2) is 0 Å². The lowest BCUT2D eigenvalue weighted by Crippen LogP contribution is -1.99. The molecule has 0 fully saturated rings. The third-order valence-corrected chi connectivity index (χ3v) is 3.39. The van der Waals surface area contributed by atoms with E-state index in [1.54, 1.807) is 0 Å². The van der Waals surface area contributed by atoms with Gasteiger partial charge < -0.3 is 4.74 Å². The summed E-state index contributed by atoms with van der Waals surface area (Å²) in [6.07, 6.45) is 12.2. The summed E-state index contributed by atoms with van der Waals surface area (Å²) in [6, 6.07) is 0. The maximum Gasteiger partial charge on any atom is 0.0466 e. The third kappa shape index (κ3) is 16.0. The van der Waals surface area contributed by atoms with Gasteiger partial charge >= 0.3 is 0 Å². The molecule has 0 aromatic heterocycles. The molecule has 1 heteroatoms. The summed E-state index contributed by atoms with van der Waals surface area (Å²) in [6.45, 7) is 11.1. The van der Waals surface area contributed by atoms with Crippen molar-refractivity contribution >= 4 is 0 Å². The van der Waals surface area contributed by atoms with Crippen LogP contribution in [0.1, 0.15) is 85.5 Å². The molecule has 18 heavy (non-hydrogen) atoms. The summed E-state index contributed by atoms with van der Waals surface area (Å²) in [7, 11) is 0. The number of rotatable bonds is 13. The van der Waals surface area contributed by atoms with Crippen LogP contribution in [0, 0.1) is 11.8 Å². The molecule has 0 atom stereocenters. The first kappa shape index (κ1) is 18.0. The first-order valence-corrected chi connectivity index (χ1v) is 8.20. The molecule has 1 nitrogen and oxygen atoms in total. The van der Waals surface area contributed by atoms with Crippen LogP contribution < -0.4 is 0 Å². The summed E-state index contributed by atoms with van der Waals surface area (Å²) in [4.78, 5) is 0. The topological polar surface area (TPSA) is 9.23 Å². The van der Waals surface area contributed by atoms with Crippen molar-refractivity contribution in [3.05, 3.63) is 0 Å². The van der Waals surface area contributed by atoms with E-state index in [-0.39, 0.29) is 0 Å². The van der Waals surface area contributed by atoms with Crippen molar-refractivity contribution in [3.8, 4) is 0 Å². The Morgan fingerprint density at radius 2 is 1.00 bits per heavy atom. The van der Waals surface area contributed by atoms with Gasteiger partial charge in [0.1, 0.15) is 0 Å². The van der Waals surface area contributed by atoms with Gasteiger partial charge in [0.05, 0.1) is 0 Å². The van der Waals surface area contributed by atoms with Gasteiger partial charge in [0.15, 0.2) is 0 Å². The second kappa shape index (κ2) is 13.4. The standard InChI is InChI=1S/C17H36O/c1-16(2)12-9-7-5-6-8-10-14-18-15-11-13-17(3)4/h16-17H,5-15H2,1-4H3. The van der Waals surface area contributed by atoms with Crippen LogP contribution in [0.2, 0.25) is 0 Å². The molecule has 0 rings (SSSR count). The maximum atomic E-state index is 5.64. The SMILES string of the molecule is CC(C)CCCCCCCCOCCCC(C)C. The van der Waals surface area contributed by atoms with Crippen LogP contribution in [0.25, 0.3) is 0 Å². The Kier molecular flexibility index (Phi) is 13.4. The molecule has 0 saturated heterocycles. The molecule has 0 aliphatic carbocycles. The van der Waals surface area contributed by atoms with Crippen molar-refractivity contribution < 1.29 is 4.74 Å². The molecule has 0 aromatic rings. The highest BCUT2D eigenvalue weighted by atomic mass is 16.5. The second-order valence-corrected chi connectivity index (χ2v) is 6.45. The molecule has 0 aliphatic heterocycles. The Bertz CT molecular complexity index is 134. The molecule has 0 bridgehead atoms. The van der Waals surface area contributed by atoms with E-state index in [1.807, 2.05) is 0 Å². The Balaban J connectivity index is 2.95. The number of hydrogen-bond acceptors (Lipinski definition) is 1. The zero-order valence-electron chi connectivity index (χ0n) is 13.3. The molecule has 0 spiro atoms. The van der Waals surface area contributed by atoms with Crippen molar-refractivity contribution in [2.75, 3.05) is 13.2 Å².